The standard InChI is InChI=1S/C17H11NS/c1-2-5-14(6-3-1)8-10-16-11-9-15(13-18-16)17-7-4-12-19-17/h1-7,9,11-13H. The average Bonchev–Trinajstić information content (AvgIpc) is 3.01. The van der Waals surface area contributed by atoms with Gasteiger partial charge in [-0.05, 0) is 41.6 Å². The molecule has 0 aliphatic carbocycles. The summed E-state index contributed by atoms with van der Waals surface area (Å²) in [5, 5.41) is 2.07. The third kappa shape index (κ3) is 2.90. The molecule has 19 heavy (non-hydrogen) atoms. The van der Waals surface area contributed by atoms with E-state index in [1.165, 1.54) is 4.88 Å². The molecule has 90 valence electrons. The maximum absolute atomic E-state index is 4.38. The van der Waals surface area contributed by atoms with Crippen LogP contribution in [0.25, 0.3) is 10.4 Å². The molecule has 3 aromatic rings. The molecular weight excluding hydrogens is 250 g/mol. The van der Waals surface area contributed by atoms with Crippen LogP contribution in [-0.2, 0) is 0 Å². The van der Waals surface area contributed by atoms with Crippen molar-refractivity contribution >= 4 is 11.3 Å². The summed E-state index contributed by atoms with van der Waals surface area (Å²) in [4.78, 5) is 5.61. The molecule has 0 aliphatic heterocycles. The zero-order valence-corrected chi connectivity index (χ0v) is 11.0. The lowest BCUT2D eigenvalue weighted by Crippen LogP contribution is -1.82. The van der Waals surface area contributed by atoms with E-state index in [2.05, 4.69) is 34.3 Å². The first kappa shape index (κ1) is 11.7. The van der Waals surface area contributed by atoms with Gasteiger partial charge in [-0.2, -0.15) is 0 Å². The van der Waals surface area contributed by atoms with Crippen molar-refractivity contribution in [3.8, 4) is 22.3 Å². The van der Waals surface area contributed by atoms with Crippen LogP contribution in [0.1, 0.15) is 11.3 Å². The van der Waals surface area contributed by atoms with E-state index in [-0.39, 0.29) is 0 Å². The van der Waals surface area contributed by atoms with E-state index in [1.807, 2.05) is 48.7 Å². The van der Waals surface area contributed by atoms with E-state index in [4.69, 9.17) is 0 Å². The Balaban J connectivity index is 1.82. The van der Waals surface area contributed by atoms with Crippen LogP contribution in [0.15, 0.2) is 66.2 Å². The number of pyridine rings is 1. The Morgan fingerprint density at radius 1 is 0.842 bits per heavy atom. The molecule has 0 bridgehead atoms. The highest BCUT2D eigenvalue weighted by atomic mass is 32.1. The second-order valence-corrected chi connectivity index (χ2v) is 4.97. The minimum Gasteiger partial charge on any atom is -0.247 e. The molecule has 0 N–H and O–H groups in total. The largest absolute Gasteiger partial charge is 0.247 e. The minimum absolute atomic E-state index is 0.796. The van der Waals surface area contributed by atoms with Gasteiger partial charge in [-0.1, -0.05) is 30.2 Å². The van der Waals surface area contributed by atoms with Gasteiger partial charge in [-0.15, -0.1) is 11.3 Å². The number of thiophene rings is 1. The average molecular weight is 261 g/mol. The third-order valence-electron chi connectivity index (χ3n) is 2.68. The van der Waals surface area contributed by atoms with Gasteiger partial charge in [0, 0.05) is 22.2 Å². The zero-order valence-electron chi connectivity index (χ0n) is 10.2. The van der Waals surface area contributed by atoms with Crippen molar-refractivity contribution in [2.45, 2.75) is 0 Å². The molecule has 0 spiro atoms. The molecule has 0 saturated carbocycles. The Labute approximate surface area is 116 Å². The van der Waals surface area contributed by atoms with Crippen molar-refractivity contribution in [3.05, 3.63) is 77.4 Å². The van der Waals surface area contributed by atoms with Crippen LogP contribution < -0.4 is 0 Å². The van der Waals surface area contributed by atoms with Crippen LogP contribution in [0.2, 0.25) is 0 Å². The molecule has 1 nitrogen and oxygen atoms in total. The Bertz CT molecular complexity index is 701. The molecule has 0 saturated heterocycles. The Hall–Kier alpha value is -2.37. The second-order valence-electron chi connectivity index (χ2n) is 4.03. The molecule has 0 aliphatic rings. The lowest BCUT2D eigenvalue weighted by Gasteiger charge is -1.96. The normalized spacial score (nSPS) is 9.68. The van der Waals surface area contributed by atoms with Crippen LogP contribution in [0.3, 0.4) is 0 Å². The number of nitrogens with zero attached hydrogens (tertiary/aromatic N) is 1. The lowest BCUT2D eigenvalue weighted by atomic mass is 10.2. The van der Waals surface area contributed by atoms with Gasteiger partial charge in [-0.25, -0.2) is 4.98 Å². The van der Waals surface area contributed by atoms with Crippen LogP contribution in [0.5, 0.6) is 0 Å². The summed E-state index contributed by atoms with van der Waals surface area (Å²) >= 11 is 1.72. The third-order valence-corrected chi connectivity index (χ3v) is 3.60. The number of rotatable bonds is 1. The summed E-state index contributed by atoms with van der Waals surface area (Å²) in [6, 6.07) is 18.1. The number of aromatic nitrogens is 1. The topological polar surface area (TPSA) is 12.9 Å². The first-order valence-electron chi connectivity index (χ1n) is 5.99. The lowest BCUT2D eigenvalue weighted by molar-refractivity contribution is 1.29. The van der Waals surface area contributed by atoms with Gasteiger partial charge < -0.3 is 0 Å². The fraction of sp³-hybridized carbons (Fsp3) is 0. The highest BCUT2D eigenvalue weighted by molar-refractivity contribution is 7.13. The maximum Gasteiger partial charge on any atom is 0.113 e. The predicted molar refractivity (Wildman–Crippen MR) is 80.0 cm³/mol. The Kier molecular flexibility index (Phi) is 3.40. The van der Waals surface area contributed by atoms with E-state index >= 15 is 0 Å². The van der Waals surface area contributed by atoms with E-state index in [0.29, 0.717) is 0 Å². The summed E-state index contributed by atoms with van der Waals surface area (Å²) in [5.74, 6) is 6.18. The molecule has 0 unspecified atom stereocenters. The molecule has 0 atom stereocenters. The Morgan fingerprint density at radius 3 is 2.42 bits per heavy atom. The predicted octanol–water partition coefficient (Wildman–Crippen LogP) is 4.21. The van der Waals surface area contributed by atoms with Gasteiger partial charge in [0.15, 0.2) is 0 Å². The minimum atomic E-state index is 0.796. The van der Waals surface area contributed by atoms with Crippen molar-refractivity contribution in [2.24, 2.45) is 0 Å². The molecule has 0 amide bonds. The maximum atomic E-state index is 4.38. The van der Waals surface area contributed by atoms with Gasteiger partial charge >= 0.3 is 0 Å². The van der Waals surface area contributed by atoms with Crippen LogP contribution in [0.4, 0.5) is 0 Å². The first-order valence-corrected chi connectivity index (χ1v) is 6.87. The summed E-state index contributed by atoms with van der Waals surface area (Å²) in [5.41, 5.74) is 2.94. The van der Waals surface area contributed by atoms with Gasteiger partial charge in [0.1, 0.15) is 5.69 Å². The first-order chi connectivity index (χ1) is 9.42. The van der Waals surface area contributed by atoms with Crippen molar-refractivity contribution in [1.82, 2.24) is 4.98 Å². The molecule has 1 aromatic carbocycles. The number of hydrogen-bond acceptors (Lipinski definition) is 2. The zero-order chi connectivity index (χ0) is 12.9. The summed E-state index contributed by atoms with van der Waals surface area (Å²) in [6.07, 6.45) is 1.88. The molecular formula is C17H11NS. The van der Waals surface area contributed by atoms with Crippen molar-refractivity contribution in [3.63, 3.8) is 0 Å². The number of hydrogen-bond donors (Lipinski definition) is 0. The molecule has 0 fully saturated rings. The van der Waals surface area contributed by atoms with E-state index < -0.39 is 0 Å². The van der Waals surface area contributed by atoms with Crippen molar-refractivity contribution < 1.29 is 0 Å². The smallest absolute Gasteiger partial charge is 0.113 e. The quantitative estimate of drug-likeness (QED) is 0.598. The molecule has 2 heteroatoms. The van der Waals surface area contributed by atoms with Crippen molar-refractivity contribution in [2.75, 3.05) is 0 Å². The molecule has 2 heterocycles. The molecule has 2 aromatic heterocycles. The van der Waals surface area contributed by atoms with Crippen LogP contribution in [-0.4, -0.2) is 4.98 Å². The second kappa shape index (κ2) is 5.51. The highest BCUT2D eigenvalue weighted by Crippen LogP contribution is 2.23. The molecule has 0 radical (unpaired) electrons. The summed E-state index contributed by atoms with van der Waals surface area (Å²) < 4.78 is 0. The SMILES string of the molecule is C(#Cc1ccc(-c2cccs2)cn1)c1ccccc1. The molecule has 3 rings (SSSR count). The van der Waals surface area contributed by atoms with E-state index in [9.17, 15) is 0 Å². The highest BCUT2D eigenvalue weighted by Gasteiger charge is 1.98. The van der Waals surface area contributed by atoms with Gasteiger partial charge in [0.05, 0.1) is 0 Å². The van der Waals surface area contributed by atoms with E-state index in [0.717, 1.165) is 16.8 Å². The monoisotopic (exact) mass is 261 g/mol. The summed E-state index contributed by atoms with van der Waals surface area (Å²) in [6.45, 7) is 0. The van der Waals surface area contributed by atoms with Crippen LogP contribution in [0, 0.1) is 11.8 Å². The van der Waals surface area contributed by atoms with Gasteiger partial charge in [0.25, 0.3) is 0 Å². The fourth-order valence-corrected chi connectivity index (χ4v) is 2.43. The number of benzene rings is 1. The van der Waals surface area contributed by atoms with E-state index in [1.54, 1.807) is 11.3 Å². The Morgan fingerprint density at radius 2 is 1.74 bits per heavy atom. The fourth-order valence-electron chi connectivity index (χ4n) is 1.71. The van der Waals surface area contributed by atoms with Gasteiger partial charge in [0.2, 0.25) is 0 Å². The van der Waals surface area contributed by atoms with Crippen LogP contribution >= 0.6 is 11.3 Å². The summed E-state index contributed by atoms with van der Waals surface area (Å²) in [7, 11) is 0. The van der Waals surface area contributed by atoms with Crippen molar-refractivity contribution in [1.29, 1.82) is 0 Å². The van der Waals surface area contributed by atoms with Gasteiger partial charge in [-0.3, -0.25) is 0 Å².